The van der Waals surface area contributed by atoms with Gasteiger partial charge in [-0.1, -0.05) is 53.5 Å². The summed E-state index contributed by atoms with van der Waals surface area (Å²) < 4.78 is 27.5. The zero-order chi connectivity index (χ0) is 19.3. The first-order chi connectivity index (χ1) is 12.3. The Morgan fingerprint density at radius 1 is 1.12 bits per heavy atom. The second kappa shape index (κ2) is 8.99. The van der Waals surface area contributed by atoms with E-state index in [2.05, 4.69) is 21.2 Å². The molecule has 26 heavy (non-hydrogen) atoms. The molecule has 140 valence electrons. The maximum absolute atomic E-state index is 12.6. The highest BCUT2D eigenvalue weighted by molar-refractivity contribution is 9.10. The predicted molar refractivity (Wildman–Crippen MR) is 108 cm³/mol. The Balaban J connectivity index is 2.21. The van der Waals surface area contributed by atoms with Crippen molar-refractivity contribution in [1.82, 2.24) is 4.31 Å². The van der Waals surface area contributed by atoms with Crippen molar-refractivity contribution in [1.29, 1.82) is 0 Å². The van der Waals surface area contributed by atoms with Crippen LogP contribution in [0.5, 0.6) is 0 Å². The molecule has 1 amide bonds. The van der Waals surface area contributed by atoms with Gasteiger partial charge in [0.1, 0.15) is 0 Å². The van der Waals surface area contributed by atoms with E-state index in [-0.39, 0.29) is 27.9 Å². The number of sulfonamides is 1. The Morgan fingerprint density at radius 2 is 1.73 bits per heavy atom. The Hall–Kier alpha value is -1.41. The monoisotopic (exact) mass is 458 g/mol. The maximum atomic E-state index is 12.6. The topological polar surface area (TPSA) is 66.5 Å². The number of nitrogens with zero attached hydrogens (tertiary/aromatic N) is 1. The fourth-order valence-corrected chi connectivity index (χ4v) is 4.37. The Morgan fingerprint density at radius 3 is 2.31 bits per heavy atom. The number of nitrogens with one attached hydrogen (secondary N) is 1. The van der Waals surface area contributed by atoms with Crippen LogP contribution in [0.2, 0.25) is 5.02 Å². The number of rotatable bonds is 7. The van der Waals surface area contributed by atoms with Gasteiger partial charge in [0.05, 0.1) is 22.0 Å². The summed E-state index contributed by atoms with van der Waals surface area (Å²) in [5.74, 6) is -0.272. The summed E-state index contributed by atoms with van der Waals surface area (Å²) in [6.07, 6.45) is 0.163. The number of carbonyl (C=O) groups excluding carboxylic acids is 1. The minimum absolute atomic E-state index is 0.101. The van der Waals surface area contributed by atoms with E-state index in [4.69, 9.17) is 11.6 Å². The molecule has 0 atom stereocenters. The van der Waals surface area contributed by atoms with Gasteiger partial charge in [-0.15, -0.1) is 0 Å². The molecule has 2 aromatic carbocycles. The van der Waals surface area contributed by atoms with E-state index >= 15 is 0 Å². The molecule has 0 saturated carbocycles. The van der Waals surface area contributed by atoms with Crippen molar-refractivity contribution < 1.29 is 13.2 Å². The van der Waals surface area contributed by atoms with Crippen LogP contribution in [0.25, 0.3) is 0 Å². The normalized spacial score (nSPS) is 11.6. The third-order valence-electron chi connectivity index (χ3n) is 3.83. The van der Waals surface area contributed by atoms with E-state index in [1.54, 1.807) is 13.8 Å². The molecule has 0 bridgehead atoms. The van der Waals surface area contributed by atoms with Crippen LogP contribution in [0, 0.1) is 0 Å². The summed E-state index contributed by atoms with van der Waals surface area (Å²) in [5.41, 5.74) is 1.12. The second-order valence-corrected chi connectivity index (χ2v) is 8.84. The zero-order valence-corrected chi connectivity index (χ0v) is 17.7. The first-order valence-corrected chi connectivity index (χ1v) is 10.7. The average molecular weight is 460 g/mol. The van der Waals surface area contributed by atoms with Gasteiger partial charge in [0.2, 0.25) is 15.9 Å². The summed E-state index contributed by atoms with van der Waals surface area (Å²) >= 11 is 9.48. The standard InChI is InChI=1S/C18H20BrClN2O3S/c1-3-22(4-2)26(24,25)15-9-10-16(20)17(12-15)21-18(23)11-13-5-7-14(19)8-6-13/h5-10,12H,3-4,11H2,1-2H3,(H,21,23). The van der Waals surface area contributed by atoms with Gasteiger partial charge in [0.25, 0.3) is 0 Å². The summed E-state index contributed by atoms with van der Waals surface area (Å²) in [5, 5.41) is 2.98. The van der Waals surface area contributed by atoms with Gasteiger partial charge < -0.3 is 5.32 Å². The summed E-state index contributed by atoms with van der Waals surface area (Å²) in [7, 11) is -3.62. The SMILES string of the molecule is CCN(CC)S(=O)(=O)c1ccc(Cl)c(NC(=O)Cc2ccc(Br)cc2)c1. The van der Waals surface area contributed by atoms with Crippen molar-refractivity contribution in [3.63, 3.8) is 0 Å². The fraction of sp³-hybridized carbons (Fsp3) is 0.278. The lowest BCUT2D eigenvalue weighted by molar-refractivity contribution is -0.115. The number of carbonyl (C=O) groups is 1. The van der Waals surface area contributed by atoms with Gasteiger partial charge >= 0.3 is 0 Å². The molecule has 2 aromatic rings. The van der Waals surface area contributed by atoms with Crippen LogP contribution in [0.15, 0.2) is 51.8 Å². The molecular weight excluding hydrogens is 440 g/mol. The predicted octanol–water partition coefficient (Wildman–Crippen LogP) is 4.31. The van der Waals surface area contributed by atoms with Gasteiger partial charge in [-0.05, 0) is 35.9 Å². The largest absolute Gasteiger partial charge is 0.324 e. The molecule has 1 N–H and O–H groups in total. The van der Waals surface area contributed by atoms with Crippen molar-refractivity contribution in [2.45, 2.75) is 25.2 Å². The Bertz CT molecular complexity index is 882. The van der Waals surface area contributed by atoms with Gasteiger partial charge in [-0.25, -0.2) is 8.42 Å². The van der Waals surface area contributed by atoms with E-state index in [9.17, 15) is 13.2 Å². The van der Waals surface area contributed by atoms with Crippen molar-refractivity contribution in [2.24, 2.45) is 0 Å². The van der Waals surface area contributed by atoms with Crippen molar-refractivity contribution in [3.05, 3.63) is 57.5 Å². The van der Waals surface area contributed by atoms with Crippen LogP contribution in [0.4, 0.5) is 5.69 Å². The van der Waals surface area contributed by atoms with E-state index in [0.29, 0.717) is 13.1 Å². The molecule has 5 nitrogen and oxygen atoms in total. The molecule has 0 unspecified atom stereocenters. The third-order valence-corrected chi connectivity index (χ3v) is 6.74. The van der Waals surface area contributed by atoms with E-state index in [0.717, 1.165) is 10.0 Å². The molecule has 0 fully saturated rings. The quantitative estimate of drug-likeness (QED) is 0.671. The van der Waals surface area contributed by atoms with Crippen LogP contribution >= 0.6 is 27.5 Å². The molecular formula is C18H20BrClN2O3S. The summed E-state index contributed by atoms with van der Waals surface area (Å²) in [4.78, 5) is 12.4. The maximum Gasteiger partial charge on any atom is 0.243 e. The molecule has 0 aromatic heterocycles. The lowest BCUT2D eigenvalue weighted by Crippen LogP contribution is -2.30. The highest BCUT2D eigenvalue weighted by atomic mass is 79.9. The molecule has 8 heteroatoms. The van der Waals surface area contributed by atoms with E-state index < -0.39 is 10.0 Å². The number of benzene rings is 2. The molecule has 0 aliphatic carbocycles. The van der Waals surface area contributed by atoms with Crippen LogP contribution in [-0.2, 0) is 21.2 Å². The second-order valence-electron chi connectivity index (χ2n) is 5.58. The van der Waals surface area contributed by atoms with Crippen LogP contribution in [-0.4, -0.2) is 31.7 Å². The number of hydrogen-bond acceptors (Lipinski definition) is 3. The van der Waals surface area contributed by atoms with Crippen LogP contribution in [0.3, 0.4) is 0 Å². The average Bonchev–Trinajstić information content (AvgIpc) is 2.59. The molecule has 0 radical (unpaired) electrons. The lowest BCUT2D eigenvalue weighted by atomic mass is 10.1. The molecule has 0 aliphatic heterocycles. The van der Waals surface area contributed by atoms with Crippen LogP contribution in [0.1, 0.15) is 19.4 Å². The zero-order valence-electron chi connectivity index (χ0n) is 14.5. The van der Waals surface area contributed by atoms with Crippen molar-refractivity contribution >= 4 is 49.1 Å². The van der Waals surface area contributed by atoms with Gasteiger partial charge in [-0.3, -0.25) is 4.79 Å². The molecule has 2 rings (SSSR count). The molecule has 0 spiro atoms. The van der Waals surface area contributed by atoms with Crippen molar-refractivity contribution in [3.8, 4) is 0 Å². The van der Waals surface area contributed by atoms with E-state index in [1.165, 1.54) is 22.5 Å². The minimum atomic E-state index is -3.62. The fourth-order valence-electron chi connectivity index (χ4n) is 2.46. The lowest BCUT2D eigenvalue weighted by Gasteiger charge is -2.19. The van der Waals surface area contributed by atoms with Gasteiger partial charge in [0, 0.05) is 17.6 Å². The number of halogens is 2. The first kappa shape index (κ1) is 20.9. The molecule has 0 saturated heterocycles. The minimum Gasteiger partial charge on any atom is -0.324 e. The molecule has 0 heterocycles. The van der Waals surface area contributed by atoms with Crippen LogP contribution < -0.4 is 5.32 Å². The summed E-state index contributed by atoms with van der Waals surface area (Å²) in [6.45, 7) is 4.29. The highest BCUT2D eigenvalue weighted by Crippen LogP contribution is 2.27. The molecule has 0 aliphatic rings. The highest BCUT2D eigenvalue weighted by Gasteiger charge is 2.22. The number of amides is 1. The van der Waals surface area contributed by atoms with Crippen molar-refractivity contribution in [2.75, 3.05) is 18.4 Å². The number of anilines is 1. The first-order valence-electron chi connectivity index (χ1n) is 8.12. The third kappa shape index (κ3) is 5.07. The summed E-state index contributed by atoms with van der Waals surface area (Å²) in [6, 6.07) is 11.7. The Labute approximate surface area is 167 Å². The Kier molecular flexibility index (Phi) is 7.23. The van der Waals surface area contributed by atoms with Gasteiger partial charge in [0.15, 0.2) is 0 Å². The smallest absolute Gasteiger partial charge is 0.243 e. The van der Waals surface area contributed by atoms with Gasteiger partial charge in [-0.2, -0.15) is 4.31 Å². The number of hydrogen-bond donors (Lipinski definition) is 1. The van der Waals surface area contributed by atoms with E-state index in [1.807, 2.05) is 24.3 Å².